The molecule has 0 fully saturated rings. The first-order valence-electron chi connectivity index (χ1n) is 5.48. The van der Waals surface area contributed by atoms with Crippen LogP contribution in [-0.4, -0.2) is 41.5 Å². The van der Waals surface area contributed by atoms with Crippen LogP contribution in [0.25, 0.3) is 0 Å². The number of hydrogen-bond acceptors (Lipinski definition) is 6. The standard InChI is InChI=1S/C9H22O6Si3/c1-8(2)9(10)13-18(7,14-16(3,4)11)15-17(5,6)12/h11-12H,1H2,2-7H3. The van der Waals surface area contributed by atoms with Gasteiger partial charge in [0.25, 0.3) is 0 Å². The van der Waals surface area contributed by atoms with Crippen molar-refractivity contribution in [3.05, 3.63) is 12.2 Å². The van der Waals surface area contributed by atoms with E-state index in [-0.39, 0.29) is 5.57 Å². The van der Waals surface area contributed by atoms with Crippen molar-refractivity contribution in [1.29, 1.82) is 0 Å². The molecular formula is C9H22O6Si3. The Hall–Kier alpha value is -0.299. The SMILES string of the molecule is C=C(C)C(=O)O[Si](C)(O[Si](C)(C)O)O[Si](C)(C)O. The zero-order valence-corrected chi connectivity index (χ0v) is 14.7. The van der Waals surface area contributed by atoms with Gasteiger partial charge in [-0.1, -0.05) is 6.58 Å². The average Bonchev–Trinajstić information content (AvgIpc) is 1.93. The molecule has 2 N–H and O–H groups in total. The van der Waals surface area contributed by atoms with Crippen LogP contribution in [0.2, 0.25) is 32.7 Å². The Morgan fingerprint density at radius 3 is 1.56 bits per heavy atom. The van der Waals surface area contributed by atoms with Gasteiger partial charge in [0, 0.05) is 12.1 Å². The van der Waals surface area contributed by atoms with Crippen molar-refractivity contribution >= 4 is 31.9 Å². The molecule has 106 valence electrons. The van der Waals surface area contributed by atoms with Crippen LogP contribution in [0.15, 0.2) is 12.2 Å². The van der Waals surface area contributed by atoms with Gasteiger partial charge < -0.3 is 22.2 Å². The third kappa shape index (κ3) is 7.92. The lowest BCUT2D eigenvalue weighted by Gasteiger charge is -2.34. The van der Waals surface area contributed by atoms with E-state index in [9.17, 15) is 14.4 Å². The summed E-state index contributed by atoms with van der Waals surface area (Å²) in [6, 6.07) is 0. The minimum atomic E-state index is -3.43. The summed E-state index contributed by atoms with van der Waals surface area (Å²) in [5.41, 5.74) is 0.204. The molecule has 0 aromatic rings. The van der Waals surface area contributed by atoms with Crippen LogP contribution < -0.4 is 0 Å². The molecule has 0 spiro atoms. The Morgan fingerprint density at radius 2 is 1.33 bits per heavy atom. The highest BCUT2D eigenvalue weighted by Crippen LogP contribution is 2.20. The van der Waals surface area contributed by atoms with Crippen molar-refractivity contribution in [3.63, 3.8) is 0 Å². The van der Waals surface area contributed by atoms with E-state index in [1.807, 2.05) is 0 Å². The van der Waals surface area contributed by atoms with Crippen molar-refractivity contribution in [2.24, 2.45) is 0 Å². The fraction of sp³-hybridized carbons (Fsp3) is 0.667. The van der Waals surface area contributed by atoms with Gasteiger partial charge in [-0.2, -0.15) is 0 Å². The van der Waals surface area contributed by atoms with E-state index < -0.39 is 31.9 Å². The quantitative estimate of drug-likeness (QED) is 0.564. The Bertz CT molecular complexity index is 314. The van der Waals surface area contributed by atoms with Crippen molar-refractivity contribution < 1.29 is 27.0 Å². The van der Waals surface area contributed by atoms with Crippen LogP contribution in [0.3, 0.4) is 0 Å². The van der Waals surface area contributed by atoms with E-state index in [2.05, 4.69) is 6.58 Å². The van der Waals surface area contributed by atoms with Crippen LogP contribution in [0.1, 0.15) is 6.92 Å². The van der Waals surface area contributed by atoms with Crippen LogP contribution in [0.4, 0.5) is 0 Å². The second-order valence-electron chi connectivity index (χ2n) is 5.13. The van der Waals surface area contributed by atoms with Gasteiger partial charge in [0.1, 0.15) is 0 Å². The van der Waals surface area contributed by atoms with Crippen molar-refractivity contribution in [2.75, 3.05) is 0 Å². The molecule has 18 heavy (non-hydrogen) atoms. The van der Waals surface area contributed by atoms with Gasteiger partial charge in [-0.3, -0.25) is 0 Å². The molecule has 0 radical (unpaired) electrons. The Kier molecular flexibility index (Phi) is 5.68. The number of carbonyl (C=O) groups excluding carboxylic acids is 1. The van der Waals surface area contributed by atoms with Crippen LogP contribution in [0.5, 0.6) is 0 Å². The highest BCUT2D eigenvalue weighted by atomic mass is 28.5. The first-order valence-corrected chi connectivity index (χ1v) is 13.4. The number of hydrogen-bond donors (Lipinski definition) is 2. The summed E-state index contributed by atoms with van der Waals surface area (Å²) >= 11 is 0. The molecule has 9 heteroatoms. The lowest BCUT2D eigenvalue weighted by Crippen LogP contribution is -2.57. The van der Waals surface area contributed by atoms with Crippen LogP contribution in [-0.2, 0) is 17.5 Å². The Morgan fingerprint density at radius 1 is 1.00 bits per heavy atom. The summed E-state index contributed by atoms with van der Waals surface area (Å²) in [6.07, 6.45) is 0. The summed E-state index contributed by atoms with van der Waals surface area (Å²) < 4.78 is 16.0. The van der Waals surface area contributed by atoms with Gasteiger partial charge >= 0.3 is 31.9 Å². The third-order valence-corrected chi connectivity index (χ3v) is 9.02. The molecule has 0 unspecified atom stereocenters. The fourth-order valence-corrected chi connectivity index (χ4v) is 9.87. The summed E-state index contributed by atoms with van der Waals surface area (Å²) in [6.45, 7) is 12.6. The molecule has 0 amide bonds. The molecule has 0 bridgehead atoms. The van der Waals surface area contributed by atoms with Crippen LogP contribution in [0, 0.1) is 0 Å². The molecule has 0 aliphatic heterocycles. The molecular weight excluding hydrogens is 288 g/mol. The minimum absolute atomic E-state index is 0.204. The van der Waals surface area contributed by atoms with Gasteiger partial charge in [-0.05, 0) is 33.1 Å². The summed E-state index contributed by atoms with van der Waals surface area (Å²) in [5.74, 6) is -0.652. The van der Waals surface area contributed by atoms with Crippen LogP contribution >= 0.6 is 0 Å². The molecule has 0 rings (SSSR count). The van der Waals surface area contributed by atoms with Crippen molar-refractivity contribution in [1.82, 2.24) is 0 Å². The predicted octanol–water partition coefficient (Wildman–Crippen LogP) is 1.10. The summed E-state index contributed by atoms with van der Waals surface area (Å²) in [4.78, 5) is 31.1. The summed E-state index contributed by atoms with van der Waals surface area (Å²) in [7, 11) is -9.34. The first kappa shape index (κ1) is 17.7. The highest BCUT2D eigenvalue weighted by molar-refractivity contribution is 6.82. The average molecular weight is 311 g/mol. The molecule has 6 nitrogen and oxygen atoms in total. The zero-order chi connectivity index (χ0) is 14.8. The van der Waals surface area contributed by atoms with E-state index in [1.54, 1.807) is 0 Å². The molecule has 0 heterocycles. The monoisotopic (exact) mass is 310 g/mol. The maximum Gasteiger partial charge on any atom is 0.547 e. The third-order valence-electron chi connectivity index (χ3n) is 1.50. The predicted molar refractivity (Wildman–Crippen MR) is 74.1 cm³/mol. The maximum absolute atomic E-state index is 11.6. The number of carbonyl (C=O) groups is 1. The lowest BCUT2D eigenvalue weighted by molar-refractivity contribution is -0.133. The molecule has 0 saturated carbocycles. The summed E-state index contributed by atoms with van der Waals surface area (Å²) in [5, 5.41) is 0. The normalized spacial score (nSPS) is 13.3. The van der Waals surface area contributed by atoms with Gasteiger partial charge in [-0.15, -0.1) is 0 Å². The minimum Gasteiger partial charge on any atom is -0.471 e. The van der Waals surface area contributed by atoms with E-state index in [4.69, 9.17) is 12.7 Å². The fourth-order valence-electron chi connectivity index (χ4n) is 1.23. The molecule has 0 aliphatic carbocycles. The molecule has 0 aromatic carbocycles. The van der Waals surface area contributed by atoms with E-state index in [0.29, 0.717) is 0 Å². The molecule has 0 saturated heterocycles. The highest BCUT2D eigenvalue weighted by Gasteiger charge is 2.48. The van der Waals surface area contributed by atoms with Crippen molar-refractivity contribution in [3.8, 4) is 0 Å². The second-order valence-corrected chi connectivity index (χ2v) is 14.5. The topological polar surface area (TPSA) is 85.2 Å². The zero-order valence-electron chi connectivity index (χ0n) is 11.7. The second kappa shape index (κ2) is 5.77. The first-order chi connectivity index (χ1) is 7.74. The van der Waals surface area contributed by atoms with Crippen molar-refractivity contribution in [2.45, 2.75) is 39.7 Å². The molecule has 0 aromatic heterocycles. The van der Waals surface area contributed by atoms with Gasteiger partial charge in [0.15, 0.2) is 0 Å². The van der Waals surface area contributed by atoms with E-state index in [0.717, 1.165) is 0 Å². The van der Waals surface area contributed by atoms with E-state index in [1.165, 1.54) is 39.7 Å². The smallest absolute Gasteiger partial charge is 0.471 e. The van der Waals surface area contributed by atoms with Gasteiger partial charge in [0.05, 0.1) is 0 Å². The Labute approximate surface area is 111 Å². The van der Waals surface area contributed by atoms with E-state index >= 15 is 0 Å². The maximum atomic E-state index is 11.6. The molecule has 0 atom stereocenters. The van der Waals surface area contributed by atoms with Gasteiger partial charge in [0.2, 0.25) is 0 Å². The lowest BCUT2D eigenvalue weighted by atomic mass is 10.4. The molecule has 0 aliphatic rings. The Balaban J connectivity index is 5.03. The largest absolute Gasteiger partial charge is 0.547 e. The number of rotatable bonds is 6. The van der Waals surface area contributed by atoms with Gasteiger partial charge in [-0.25, -0.2) is 4.79 Å².